The molecule has 1 aliphatic carbocycles. The van der Waals surface area contributed by atoms with Crippen LogP contribution in [0, 0.1) is 0 Å². The molecule has 0 unspecified atom stereocenters. The van der Waals surface area contributed by atoms with Crippen molar-refractivity contribution < 1.29 is 0 Å². The van der Waals surface area contributed by atoms with Gasteiger partial charge in [0.05, 0.1) is 0 Å². The Kier molecular flexibility index (Phi) is 7.09. The summed E-state index contributed by atoms with van der Waals surface area (Å²) >= 11 is 0. The molecule has 0 atom stereocenters. The topological polar surface area (TPSA) is 0 Å². The van der Waals surface area contributed by atoms with Gasteiger partial charge in [0.15, 0.2) is 0 Å². The average Bonchev–Trinajstić information content (AvgIpc) is 2.96. The highest BCUT2D eigenvalue weighted by Crippen LogP contribution is 2.40. The molecular formula is C34H30P2. The van der Waals surface area contributed by atoms with Crippen molar-refractivity contribution >= 4 is 47.7 Å². The molecule has 176 valence electrons. The summed E-state index contributed by atoms with van der Waals surface area (Å²) in [4.78, 5) is 0. The molecule has 0 fully saturated rings. The van der Waals surface area contributed by atoms with E-state index in [1.165, 1.54) is 57.5 Å². The van der Waals surface area contributed by atoms with Crippen LogP contribution in [0.25, 0.3) is 0 Å². The van der Waals surface area contributed by atoms with Crippen LogP contribution in [0.1, 0.15) is 24.0 Å². The maximum absolute atomic E-state index is 2.61. The minimum atomic E-state index is -0.679. The molecule has 0 N–H and O–H groups in total. The van der Waals surface area contributed by atoms with Crippen LogP contribution in [0.5, 0.6) is 0 Å². The number of aryl methyl sites for hydroxylation is 2. The fourth-order valence-corrected chi connectivity index (χ4v) is 10.6. The van der Waals surface area contributed by atoms with E-state index in [9.17, 15) is 0 Å². The fourth-order valence-electron chi connectivity index (χ4n) is 5.28. The summed E-state index contributed by atoms with van der Waals surface area (Å²) in [6, 6.07) is 50.0. The zero-order chi connectivity index (χ0) is 24.2. The van der Waals surface area contributed by atoms with Crippen molar-refractivity contribution in [2.24, 2.45) is 0 Å². The van der Waals surface area contributed by atoms with Gasteiger partial charge in [-0.25, -0.2) is 0 Å². The maximum Gasteiger partial charge on any atom is -0.00646 e. The SMILES string of the molecule is c1ccc(P(c2ccccc2)c2cc3c(cc2P(c2ccccc2)c2ccccc2)CCCC3)cc1. The van der Waals surface area contributed by atoms with Gasteiger partial charge in [-0.3, -0.25) is 0 Å². The van der Waals surface area contributed by atoms with E-state index in [-0.39, 0.29) is 0 Å². The van der Waals surface area contributed by atoms with Gasteiger partial charge in [-0.2, -0.15) is 0 Å². The summed E-state index contributed by atoms with van der Waals surface area (Å²) in [6.45, 7) is 0. The van der Waals surface area contributed by atoms with Crippen molar-refractivity contribution in [3.63, 3.8) is 0 Å². The van der Waals surface area contributed by atoms with Gasteiger partial charge >= 0.3 is 0 Å². The lowest BCUT2D eigenvalue weighted by molar-refractivity contribution is 0.687. The molecular weight excluding hydrogens is 470 g/mol. The first-order valence-electron chi connectivity index (χ1n) is 12.8. The van der Waals surface area contributed by atoms with Gasteiger partial charge in [0, 0.05) is 0 Å². The largest absolute Gasteiger partial charge is 0.0622 e. The zero-order valence-corrected chi connectivity index (χ0v) is 22.2. The molecule has 0 amide bonds. The molecule has 0 heterocycles. The van der Waals surface area contributed by atoms with Crippen molar-refractivity contribution in [3.05, 3.63) is 145 Å². The van der Waals surface area contributed by atoms with Gasteiger partial charge in [0.25, 0.3) is 0 Å². The number of fused-ring (bicyclic) bond motifs is 1. The smallest absolute Gasteiger partial charge is 0.00646 e. The third kappa shape index (κ3) is 4.82. The monoisotopic (exact) mass is 500 g/mol. The van der Waals surface area contributed by atoms with Crippen LogP contribution in [0.15, 0.2) is 133 Å². The first-order chi connectivity index (χ1) is 17.9. The Morgan fingerprint density at radius 2 is 0.639 bits per heavy atom. The van der Waals surface area contributed by atoms with Crippen molar-refractivity contribution in [2.75, 3.05) is 0 Å². The Hall–Kier alpha value is -3.04. The van der Waals surface area contributed by atoms with Gasteiger partial charge in [-0.05, 0) is 96.6 Å². The molecule has 36 heavy (non-hydrogen) atoms. The van der Waals surface area contributed by atoms with Crippen molar-refractivity contribution in [3.8, 4) is 0 Å². The average molecular weight is 501 g/mol. The molecule has 5 aromatic carbocycles. The van der Waals surface area contributed by atoms with E-state index in [1.54, 1.807) is 11.1 Å². The lowest BCUT2D eigenvalue weighted by Crippen LogP contribution is -2.36. The Morgan fingerprint density at radius 3 is 0.917 bits per heavy atom. The molecule has 0 saturated heterocycles. The minimum Gasteiger partial charge on any atom is -0.0622 e. The van der Waals surface area contributed by atoms with Gasteiger partial charge < -0.3 is 0 Å². The van der Waals surface area contributed by atoms with Crippen LogP contribution in [0.2, 0.25) is 0 Å². The first kappa shape index (κ1) is 23.4. The van der Waals surface area contributed by atoms with Crippen molar-refractivity contribution in [1.82, 2.24) is 0 Å². The second-order valence-electron chi connectivity index (χ2n) is 9.33. The van der Waals surface area contributed by atoms with Gasteiger partial charge in [0.2, 0.25) is 0 Å². The van der Waals surface area contributed by atoms with Gasteiger partial charge in [-0.15, -0.1) is 0 Å². The number of benzene rings is 5. The summed E-state index contributed by atoms with van der Waals surface area (Å²) in [7, 11) is -1.36. The molecule has 0 nitrogen and oxygen atoms in total. The molecule has 0 aromatic heterocycles. The molecule has 0 radical (unpaired) electrons. The van der Waals surface area contributed by atoms with Crippen molar-refractivity contribution in [2.45, 2.75) is 25.7 Å². The second-order valence-corrected chi connectivity index (χ2v) is 13.7. The predicted molar refractivity (Wildman–Crippen MR) is 160 cm³/mol. The predicted octanol–water partition coefficient (Wildman–Crippen LogP) is 6.08. The summed E-state index contributed by atoms with van der Waals surface area (Å²) in [5, 5.41) is 8.75. The van der Waals surface area contributed by atoms with E-state index in [0.29, 0.717) is 0 Å². The molecule has 5 aromatic rings. The highest BCUT2D eigenvalue weighted by Gasteiger charge is 2.28. The Morgan fingerprint density at radius 1 is 0.361 bits per heavy atom. The van der Waals surface area contributed by atoms with Crippen LogP contribution in [-0.2, 0) is 12.8 Å². The van der Waals surface area contributed by atoms with Crippen LogP contribution in [0.3, 0.4) is 0 Å². The highest BCUT2D eigenvalue weighted by atomic mass is 31.1. The van der Waals surface area contributed by atoms with Gasteiger partial charge in [-0.1, -0.05) is 121 Å². The van der Waals surface area contributed by atoms with E-state index in [4.69, 9.17) is 0 Å². The van der Waals surface area contributed by atoms with E-state index in [1.807, 2.05) is 0 Å². The third-order valence-electron chi connectivity index (χ3n) is 6.98. The maximum atomic E-state index is 2.61. The molecule has 0 bridgehead atoms. The van der Waals surface area contributed by atoms with E-state index in [0.717, 1.165) is 0 Å². The fraction of sp³-hybridized carbons (Fsp3) is 0.118. The van der Waals surface area contributed by atoms with Crippen LogP contribution < -0.4 is 31.8 Å². The Bertz CT molecular complexity index is 1220. The number of hydrogen-bond donors (Lipinski definition) is 0. The lowest BCUT2D eigenvalue weighted by atomic mass is 9.92. The van der Waals surface area contributed by atoms with E-state index >= 15 is 0 Å². The quantitative estimate of drug-likeness (QED) is 0.248. The first-order valence-corrected chi connectivity index (χ1v) is 15.5. The molecule has 0 saturated carbocycles. The normalized spacial score (nSPS) is 13.1. The second kappa shape index (κ2) is 10.9. The van der Waals surface area contributed by atoms with Crippen molar-refractivity contribution in [1.29, 1.82) is 0 Å². The molecule has 2 heteroatoms. The summed E-state index contributed by atoms with van der Waals surface area (Å²) in [6.07, 6.45) is 4.99. The summed E-state index contributed by atoms with van der Waals surface area (Å²) in [5.74, 6) is 0. The van der Waals surface area contributed by atoms with Crippen LogP contribution >= 0.6 is 15.8 Å². The lowest BCUT2D eigenvalue weighted by Gasteiger charge is -2.30. The number of hydrogen-bond acceptors (Lipinski definition) is 0. The third-order valence-corrected chi connectivity index (χ3v) is 12.1. The molecule has 0 spiro atoms. The zero-order valence-electron chi connectivity index (χ0n) is 20.4. The standard InChI is InChI=1S/C34H30P2/c1-5-17-29(18-6-1)35(30-19-7-2-8-20-30)33-25-27-15-13-14-16-28(27)26-34(33)36(31-21-9-3-10-22-31)32-23-11-4-12-24-32/h1-12,17-26H,13-16H2. The van der Waals surface area contributed by atoms with Crippen LogP contribution in [-0.4, -0.2) is 0 Å². The van der Waals surface area contributed by atoms with Gasteiger partial charge in [0.1, 0.15) is 0 Å². The minimum absolute atomic E-state index is 0.679. The Labute approximate surface area is 217 Å². The van der Waals surface area contributed by atoms with Crippen LogP contribution in [0.4, 0.5) is 0 Å². The summed E-state index contributed by atoms with van der Waals surface area (Å²) < 4.78 is 0. The molecule has 6 rings (SSSR count). The number of rotatable bonds is 6. The molecule has 1 aliphatic rings. The van der Waals surface area contributed by atoms with E-state index < -0.39 is 15.8 Å². The molecule has 0 aliphatic heterocycles. The van der Waals surface area contributed by atoms with E-state index in [2.05, 4.69) is 133 Å². The highest BCUT2D eigenvalue weighted by molar-refractivity contribution is 7.85. The Balaban J connectivity index is 1.65. The summed E-state index contributed by atoms with van der Waals surface area (Å²) in [5.41, 5.74) is 3.13.